The number of rotatable bonds is 3. The molecule has 1 aromatic rings. The third-order valence-electron chi connectivity index (χ3n) is 2.75. The summed E-state index contributed by atoms with van der Waals surface area (Å²) >= 11 is 5.85. The normalized spacial score (nSPS) is 9.87. The summed E-state index contributed by atoms with van der Waals surface area (Å²) in [5.74, 6) is 0.504. The molecule has 0 fully saturated rings. The van der Waals surface area contributed by atoms with E-state index in [9.17, 15) is 0 Å². The van der Waals surface area contributed by atoms with Crippen LogP contribution < -0.4 is 11.9 Å². The van der Waals surface area contributed by atoms with E-state index in [1.807, 2.05) is 0 Å². The van der Waals surface area contributed by atoms with Crippen molar-refractivity contribution in [3.63, 3.8) is 0 Å². The van der Waals surface area contributed by atoms with Crippen LogP contribution in [0.25, 0.3) is 0 Å². The number of hydrogen-bond acceptors (Lipinski definition) is 2. The molecule has 3 heteroatoms. The van der Waals surface area contributed by atoms with Gasteiger partial charge in [-0.2, -0.15) is 0 Å². The summed E-state index contributed by atoms with van der Waals surface area (Å²) < 4.78 is 0. The molecule has 2 nitrogen and oxygen atoms in total. The van der Waals surface area contributed by atoms with Crippen LogP contribution in [-0.4, -0.2) is 0 Å². The van der Waals surface area contributed by atoms with Crippen molar-refractivity contribution in [3.05, 3.63) is 28.3 Å². The molecule has 0 atom stereocenters. The van der Waals surface area contributed by atoms with Gasteiger partial charge in [0, 0.05) is 11.6 Å². The monoisotopic (exact) mass is 228 g/mol. The molecule has 5 N–H and O–H groups in total. The number of benzene rings is 1. The quantitative estimate of drug-likeness (QED) is 0.612. The molecule has 0 heterocycles. The third-order valence-corrected chi connectivity index (χ3v) is 3.04. The highest BCUT2D eigenvalue weighted by molar-refractivity contribution is 6.17. The minimum Gasteiger partial charge on any atom is -0.398 e. The Kier molecular flexibility index (Phi) is 5.69. The first-order valence-electron chi connectivity index (χ1n) is 5.05. The van der Waals surface area contributed by atoms with E-state index in [0.29, 0.717) is 5.88 Å². The summed E-state index contributed by atoms with van der Waals surface area (Å²) in [6, 6.07) is 2.09. The molecular weight excluding hydrogens is 208 g/mol. The zero-order valence-corrected chi connectivity index (χ0v) is 10.6. The highest BCUT2D eigenvalue weighted by Gasteiger charge is 2.09. The predicted octanol–water partition coefficient (Wildman–Crippen LogP) is 3.74. The molecule has 0 bridgehead atoms. The molecule has 0 saturated heterocycles. The van der Waals surface area contributed by atoms with Crippen LogP contribution in [0.1, 0.15) is 35.6 Å². The highest BCUT2D eigenvalue weighted by atomic mass is 35.5. The first-order chi connectivity index (χ1) is 6.61. The number of aryl methyl sites for hydroxylation is 1. The van der Waals surface area contributed by atoms with E-state index in [-0.39, 0.29) is 6.15 Å². The van der Waals surface area contributed by atoms with Crippen molar-refractivity contribution in [2.45, 2.75) is 39.5 Å². The highest BCUT2D eigenvalue weighted by Crippen LogP contribution is 2.27. The van der Waals surface area contributed by atoms with Gasteiger partial charge in [0.1, 0.15) is 0 Å². The average molecular weight is 229 g/mol. The summed E-state index contributed by atoms with van der Waals surface area (Å²) in [6.45, 7) is 6.42. The number of halogens is 1. The minimum absolute atomic E-state index is 0. The largest absolute Gasteiger partial charge is 0.398 e. The van der Waals surface area contributed by atoms with Crippen molar-refractivity contribution < 1.29 is 0 Å². The van der Waals surface area contributed by atoms with Crippen LogP contribution in [0, 0.1) is 13.8 Å². The van der Waals surface area contributed by atoms with Gasteiger partial charge in [-0.25, -0.2) is 0 Å². The molecular formula is C12H21ClN2. The predicted molar refractivity (Wildman–Crippen MR) is 68.9 cm³/mol. The average Bonchev–Trinajstić information content (AvgIpc) is 2.18. The summed E-state index contributed by atoms with van der Waals surface area (Å²) in [6.07, 6.45) is 2.17. The second-order valence-corrected chi connectivity index (χ2v) is 4.02. The number of hydrogen-bond donors (Lipinski definition) is 2. The SMILES string of the molecule is CCCc1c(C)c(C)cc(CCl)c1N.N. The molecule has 0 aliphatic heterocycles. The third kappa shape index (κ3) is 2.86. The number of nitrogen functional groups attached to an aromatic ring is 1. The summed E-state index contributed by atoms with van der Waals surface area (Å²) in [5.41, 5.74) is 11.9. The van der Waals surface area contributed by atoms with Gasteiger partial charge in [0.25, 0.3) is 0 Å². The van der Waals surface area contributed by atoms with E-state index in [2.05, 4.69) is 26.8 Å². The van der Waals surface area contributed by atoms with Crippen LogP contribution >= 0.6 is 11.6 Å². The lowest BCUT2D eigenvalue weighted by molar-refractivity contribution is 0.910. The first-order valence-corrected chi connectivity index (χ1v) is 5.58. The Bertz CT molecular complexity index is 335. The fourth-order valence-corrected chi connectivity index (χ4v) is 1.99. The molecule has 0 unspecified atom stereocenters. The van der Waals surface area contributed by atoms with Crippen LogP contribution in [0.5, 0.6) is 0 Å². The molecule has 1 rings (SSSR count). The van der Waals surface area contributed by atoms with Crippen LogP contribution in [0.15, 0.2) is 6.07 Å². The van der Waals surface area contributed by atoms with Crippen molar-refractivity contribution >= 4 is 17.3 Å². The van der Waals surface area contributed by atoms with E-state index in [1.165, 1.54) is 16.7 Å². The lowest BCUT2D eigenvalue weighted by Gasteiger charge is -2.14. The molecule has 0 aliphatic carbocycles. The summed E-state index contributed by atoms with van der Waals surface area (Å²) in [7, 11) is 0. The Morgan fingerprint density at radius 3 is 2.40 bits per heavy atom. The number of nitrogens with two attached hydrogens (primary N) is 1. The minimum atomic E-state index is 0. The second kappa shape index (κ2) is 5.99. The van der Waals surface area contributed by atoms with Gasteiger partial charge in [-0.05, 0) is 42.5 Å². The zero-order valence-electron chi connectivity index (χ0n) is 9.86. The van der Waals surface area contributed by atoms with Crippen LogP contribution in [0.3, 0.4) is 0 Å². The van der Waals surface area contributed by atoms with E-state index >= 15 is 0 Å². The number of alkyl halides is 1. The fraction of sp³-hybridized carbons (Fsp3) is 0.500. The fourth-order valence-electron chi connectivity index (χ4n) is 1.76. The van der Waals surface area contributed by atoms with Crippen LogP contribution in [0.2, 0.25) is 0 Å². The molecule has 0 saturated carbocycles. The standard InChI is InChI=1S/C12H18ClN.H3N/c1-4-5-11-9(3)8(2)6-10(7-13)12(11)14;/h6H,4-5,7,14H2,1-3H3;1H3. The molecule has 15 heavy (non-hydrogen) atoms. The van der Waals surface area contributed by atoms with Gasteiger partial charge in [0.15, 0.2) is 0 Å². The van der Waals surface area contributed by atoms with Crippen molar-refractivity contribution in [2.24, 2.45) is 0 Å². The molecule has 0 radical (unpaired) electrons. The Morgan fingerprint density at radius 1 is 1.33 bits per heavy atom. The summed E-state index contributed by atoms with van der Waals surface area (Å²) in [5, 5.41) is 0. The maximum atomic E-state index is 6.07. The van der Waals surface area contributed by atoms with E-state index in [4.69, 9.17) is 17.3 Å². The maximum Gasteiger partial charge on any atom is 0.0494 e. The van der Waals surface area contributed by atoms with Gasteiger partial charge >= 0.3 is 0 Å². The summed E-state index contributed by atoms with van der Waals surface area (Å²) in [4.78, 5) is 0. The Hall–Kier alpha value is -0.730. The van der Waals surface area contributed by atoms with Gasteiger partial charge in [0.05, 0.1) is 0 Å². The van der Waals surface area contributed by atoms with Gasteiger partial charge < -0.3 is 11.9 Å². The molecule has 0 spiro atoms. The Morgan fingerprint density at radius 2 is 1.93 bits per heavy atom. The first kappa shape index (κ1) is 14.3. The molecule has 1 aromatic carbocycles. The number of anilines is 1. The van der Waals surface area contributed by atoms with Gasteiger partial charge in [-0.1, -0.05) is 19.4 Å². The van der Waals surface area contributed by atoms with Crippen LogP contribution in [0.4, 0.5) is 5.69 Å². The lowest BCUT2D eigenvalue weighted by Crippen LogP contribution is -2.03. The topological polar surface area (TPSA) is 61.0 Å². The van der Waals surface area contributed by atoms with E-state index < -0.39 is 0 Å². The van der Waals surface area contributed by atoms with Gasteiger partial charge in [-0.15, -0.1) is 11.6 Å². The van der Waals surface area contributed by atoms with Gasteiger partial charge in [-0.3, -0.25) is 0 Å². The molecule has 0 amide bonds. The molecule has 0 aromatic heterocycles. The lowest BCUT2D eigenvalue weighted by atomic mass is 9.95. The van der Waals surface area contributed by atoms with Crippen LogP contribution in [-0.2, 0) is 12.3 Å². The second-order valence-electron chi connectivity index (χ2n) is 3.75. The molecule has 86 valence electrons. The molecule has 0 aliphatic rings. The van der Waals surface area contributed by atoms with Crippen molar-refractivity contribution in [2.75, 3.05) is 5.73 Å². The van der Waals surface area contributed by atoms with Crippen molar-refractivity contribution in [3.8, 4) is 0 Å². The smallest absolute Gasteiger partial charge is 0.0494 e. The Labute approximate surface area is 97.4 Å². The zero-order chi connectivity index (χ0) is 10.7. The van der Waals surface area contributed by atoms with E-state index in [1.54, 1.807) is 0 Å². The van der Waals surface area contributed by atoms with E-state index in [0.717, 1.165) is 24.1 Å². The van der Waals surface area contributed by atoms with Crippen molar-refractivity contribution in [1.82, 2.24) is 6.15 Å². The Balaban J connectivity index is 0.00000196. The maximum absolute atomic E-state index is 6.07. The van der Waals surface area contributed by atoms with Crippen molar-refractivity contribution in [1.29, 1.82) is 0 Å². The van der Waals surface area contributed by atoms with Gasteiger partial charge in [0.2, 0.25) is 0 Å².